The Morgan fingerprint density at radius 3 is 2.85 bits per heavy atom. The lowest BCUT2D eigenvalue weighted by Crippen LogP contribution is -2.42. The number of aromatic nitrogens is 4. The number of nitrogens with zero attached hydrogens (tertiary/aromatic N) is 5. The van der Waals surface area contributed by atoms with Crippen LogP contribution in [0.25, 0.3) is 22.3 Å². The molecule has 0 aromatic carbocycles. The number of carbonyl (C=O) groups excluding carboxylic acids is 1. The van der Waals surface area contributed by atoms with E-state index in [-0.39, 0.29) is 12.1 Å². The lowest BCUT2D eigenvalue weighted by molar-refractivity contribution is 0.0235. The molecule has 33 heavy (non-hydrogen) atoms. The Balaban J connectivity index is 1.65. The average Bonchev–Trinajstić information content (AvgIpc) is 3.24. The molecule has 1 atom stereocenters. The summed E-state index contributed by atoms with van der Waals surface area (Å²) in [5.41, 5.74) is 0.825. The van der Waals surface area contributed by atoms with Crippen molar-refractivity contribution in [2.24, 2.45) is 0 Å². The summed E-state index contributed by atoms with van der Waals surface area (Å²) in [5, 5.41) is 4.50. The number of hydrogen-bond donors (Lipinski definition) is 1. The van der Waals surface area contributed by atoms with E-state index in [0.29, 0.717) is 41.2 Å². The molecular formula is C23H27ClN6O3. The van der Waals surface area contributed by atoms with Crippen LogP contribution in [0.1, 0.15) is 33.6 Å². The van der Waals surface area contributed by atoms with E-state index < -0.39 is 5.60 Å². The second kappa shape index (κ2) is 9.35. The summed E-state index contributed by atoms with van der Waals surface area (Å²) in [6.45, 7) is 6.78. The summed E-state index contributed by atoms with van der Waals surface area (Å²) in [6.07, 6.45) is 6.40. The zero-order chi connectivity index (χ0) is 23.6. The Bertz CT molecular complexity index is 1170. The number of hydrogen-bond acceptors (Lipinski definition) is 8. The fraction of sp³-hybridized carbons (Fsp3) is 0.435. The van der Waals surface area contributed by atoms with Gasteiger partial charge in [0.25, 0.3) is 0 Å². The summed E-state index contributed by atoms with van der Waals surface area (Å²) in [6, 6.07) is 3.49. The average molecular weight is 471 g/mol. The van der Waals surface area contributed by atoms with Crippen molar-refractivity contribution in [2.45, 2.75) is 45.3 Å². The van der Waals surface area contributed by atoms with Crippen LogP contribution >= 0.6 is 11.6 Å². The number of pyridine rings is 2. The van der Waals surface area contributed by atoms with Gasteiger partial charge < -0.3 is 19.7 Å². The molecule has 3 aromatic rings. The van der Waals surface area contributed by atoms with Gasteiger partial charge in [-0.1, -0.05) is 11.6 Å². The first-order valence-corrected chi connectivity index (χ1v) is 11.2. The van der Waals surface area contributed by atoms with E-state index >= 15 is 0 Å². The lowest BCUT2D eigenvalue weighted by atomic mass is 10.2. The first-order valence-electron chi connectivity index (χ1n) is 10.8. The predicted octanol–water partition coefficient (Wildman–Crippen LogP) is 4.56. The van der Waals surface area contributed by atoms with Gasteiger partial charge in [-0.2, -0.15) is 0 Å². The maximum absolute atomic E-state index is 12.7. The number of nitrogens with one attached hydrogen (secondary N) is 1. The molecule has 0 radical (unpaired) electrons. The SMILES string of the molecule is COc1cncc2nc(-c3ccnc(Cl)c3)nc(NC[C@H]3CCCN3C(=O)OC(C)(C)C)c12. The summed E-state index contributed by atoms with van der Waals surface area (Å²) in [7, 11) is 1.58. The maximum Gasteiger partial charge on any atom is 0.410 e. The highest BCUT2D eigenvalue weighted by molar-refractivity contribution is 6.29. The smallest absolute Gasteiger partial charge is 0.410 e. The summed E-state index contributed by atoms with van der Waals surface area (Å²) in [5.74, 6) is 1.64. The number of anilines is 1. The lowest BCUT2D eigenvalue weighted by Gasteiger charge is -2.29. The van der Waals surface area contributed by atoms with Gasteiger partial charge in [0.2, 0.25) is 0 Å². The van der Waals surface area contributed by atoms with Gasteiger partial charge in [-0.15, -0.1) is 0 Å². The van der Waals surface area contributed by atoms with Gasteiger partial charge in [0.1, 0.15) is 22.3 Å². The van der Waals surface area contributed by atoms with Gasteiger partial charge in [-0.05, 0) is 45.7 Å². The monoisotopic (exact) mass is 470 g/mol. The minimum absolute atomic E-state index is 0.0171. The molecule has 0 unspecified atom stereocenters. The van der Waals surface area contributed by atoms with Gasteiger partial charge in [-0.3, -0.25) is 4.98 Å². The molecule has 0 saturated carbocycles. The molecule has 9 nitrogen and oxygen atoms in total. The zero-order valence-electron chi connectivity index (χ0n) is 19.1. The second-order valence-electron chi connectivity index (χ2n) is 8.85. The molecule has 174 valence electrons. The Hall–Kier alpha value is -3.20. The molecule has 1 saturated heterocycles. The quantitative estimate of drug-likeness (QED) is 0.541. The molecule has 1 aliphatic rings. The number of rotatable bonds is 5. The molecule has 0 bridgehead atoms. The fourth-order valence-corrected chi connectivity index (χ4v) is 4.01. The Morgan fingerprint density at radius 1 is 1.30 bits per heavy atom. The van der Waals surface area contributed by atoms with Crippen LogP contribution in [0.4, 0.5) is 10.6 Å². The van der Waals surface area contributed by atoms with Crippen molar-refractivity contribution < 1.29 is 14.3 Å². The number of carbonyl (C=O) groups is 1. The van der Waals surface area contributed by atoms with Crippen LogP contribution in [0.15, 0.2) is 30.7 Å². The van der Waals surface area contributed by atoms with Crippen LogP contribution in [-0.2, 0) is 4.74 Å². The third kappa shape index (κ3) is 5.24. The van der Waals surface area contributed by atoms with Crippen molar-refractivity contribution in [1.29, 1.82) is 0 Å². The van der Waals surface area contributed by atoms with Crippen LogP contribution in [-0.4, -0.2) is 62.8 Å². The summed E-state index contributed by atoms with van der Waals surface area (Å²) < 4.78 is 11.1. The van der Waals surface area contributed by atoms with Crippen molar-refractivity contribution in [3.63, 3.8) is 0 Å². The molecule has 0 aliphatic carbocycles. The molecule has 1 amide bonds. The van der Waals surface area contributed by atoms with Gasteiger partial charge in [0, 0.05) is 24.8 Å². The summed E-state index contributed by atoms with van der Waals surface area (Å²) >= 11 is 6.08. The maximum atomic E-state index is 12.7. The number of methoxy groups -OCH3 is 1. The number of amides is 1. The minimum Gasteiger partial charge on any atom is -0.494 e. The second-order valence-corrected chi connectivity index (χ2v) is 9.24. The zero-order valence-corrected chi connectivity index (χ0v) is 19.9. The Kier molecular flexibility index (Phi) is 6.51. The summed E-state index contributed by atoms with van der Waals surface area (Å²) in [4.78, 5) is 32.1. The van der Waals surface area contributed by atoms with Gasteiger partial charge in [-0.25, -0.2) is 19.7 Å². The number of halogens is 1. The Morgan fingerprint density at radius 2 is 2.12 bits per heavy atom. The van der Waals surface area contributed by atoms with E-state index in [9.17, 15) is 4.79 Å². The van der Waals surface area contributed by atoms with E-state index in [1.807, 2.05) is 20.8 Å². The molecule has 1 fully saturated rings. The van der Waals surface area contributed by atoms with E-state index in [2.05, 4.69) is 20.3 Å². The molecule has 1 N–H and O–H groups in total. The van der Waals surface area contributed by atoms with E-state index in [1.165, 1.54) is 0 Å². The van der Waals surface area contributed by atoms with Gasteiger partial charge >= 0.3 is 6.09 Å². The highest BCUT2D eigenvalue weighted by Crippen LogP contribution is 2.32. The third-order valence-electron chi connectivity index (χ3n) is 5.29. The van der Waals surface area contributed by atoms with E-state index in [1.54, 1.807) is 42.7 Å². The van der Waals surface area contributed by atoms with Gasteiger partial charge in [0.05, 0.1) is 36.4 Å². The van der Waals surface area contributed by atoms with Crippen LogP contribution in [0.2, 0.25) is 5.15 Å². The highest BCUT2D eigenvalue weighted by Gasteiger charge is 2.32. The topological polar surface area (TPSA) is 102 Å². The van der Waals surface area contributed by atoms with Crippen molar-refractivity contribution in [2.75, 3.05) is 25.5 Å². The predicted molar refractivity (Wildman–Crippen MR) is 127 cm³/mol. The van der Waals surface area contributed by atoms with Gasteiger partial charge in [0.15, 0.2) is 5.82 Å². The largest absolute Gasteiger partial charge is 0.494 e. The highest BCUT2D eigenvalue weighted by atomic mass is 35.5. The van der Waals surface area contributed by atoms with Crippen LogP contribution in [0, 0.1) is 0 Å². The Labute approximate surface area is 197 Å². The van der Waals surface area contributed by atoms with Crippen LogP contribution < -0.4 is 10.1 Å². The molecule has 3 aromatic heterocycles. The first-order chi connectivity index (χ1) is 15.7. The number of fused-ring (bicyclic) bond motifs is 1. The number of likely N-dealkylation sites (tertiary alicyclic amines) is 1. The molecule has 4 heterocycles. The van der Waals surface area contributed by atoms with Crippen LogP contribution in [0.3, 0.4) is 0 Å². The normalized spacial score (nSPS) is 16.2. The molecule has 10 heteroatoms. The molecular weight excluding hydrogens is 444 g/mol. The van der Waals surface area contributed by atoms with Crippen molar-refractivity contribution in [1.82, 2.24) is 24.8 Å². The molecule has 1 aliphatic heterocycles. The van der Waals surface area contributed by atoms with E-state index in [4.69, 9.17) is 26.1 Å². The molecule has 0 spiro atoms. The first kappa shape index (κ1) is 23.0. The fourth-order valence-electron chi connectivity index (χ4n) is 3.83. The molecule has 4 rings (SSSR count). The number of ether oxygens (including phenoxy) is 2. The van der Waals surface area contributed by atoms with Crippen molar-refractivity contribution in [3.05, 3.63) is 35.9 Å². The third-order valence-corrected chi connectivity index (χ3v) is 5.49. The standard InChI is InChI=1S/C23H27ClN6O3/c1-23(2,3)33-22(31)30-9-5-6-15(30)11-27-21-19-16(12-25-13-17(19)32-4)28-20(29-21)14-7-8-26-18(24)10-14/h7-8,10,12-13,15H,5-6,9,11H2,1-4H3,(H,27,28,29)/t15-/m1/s1. The van der Waals surface area contributed by atoms with Crippen molar-refractivity contribution >= 4 is 34.4 Å². The van der Waals surface area contributed by atoms with Crippen molar-refractivity contribution in [3.8, 4) is 17.1 Å². The minimum atomic E-state index is -0.540. The van der Waals surface area contributed by atoms with E-state index in [0.717, 1.165) is 23.8 Å². The van der Waals surface area contributed by atoms with Crippen LogP contribution in [0.5, 0.6) is 5.75 Å².